The lowest BCUT2D eigenvalue weighted by molar-refractivity contribution is 0.422. The summed E-state index contributed by atoms with van der Waals surface area (Å²) in [7, 11) is 0. The molecule has 0 rings (SSSR count). The lowest BCUT2D eigenvalue weighted by Crippen LogP contribution is -1.99. The first-order valence-electron chi connectivity index (χ1n) is 7.56. The highest BCUT2D eigenvalue weighted by atomic mass is 14.1. The summed E-state index contributed by atoms with van der Waals surface area (Å²) in [6, 6.07) is 0. The molecule has 0 radical (unpaired) electrons. The smallest absolute Gasteiger partial charge is 0.0280 e. The third-order valence-electron chi connectivity index (χ3n) is 3.14. The molecule has 0 aromatic heterocycles. The maximum Gasteiger partial charge on any atom is -0.0280 e. The molecule has 102 valence electrons. The Balaban J connectivity index is 0. The molecule has 0 aliphatic heterocycles. The lowest BCUT2D eigenvalue weighted by Gasteiger charge is -2.14. The van der Waals surface area contributed by atoms with E-state index in [4.69, 9.17) is 0 Å². The van der Waals surface area contributed by atoms with Gasteiger partial charge in [0, 0.05) is 0 Å². The second-order valence-corrected chi connectivity index (χ2v) is 4.32. The summed E-state index contributed by atoms with van der Waals surface area (Å²) in [4.78, 5) is 0. The molecule has 0 heteroatoms. The minimum absolute atomic E-state index is 0.935. The molecule has 0 spiro atoms. The van der Waals surface area contributed by atoms with E-state index in [9.17, 15) is 0 Å². The normalized spacial score (nSPS) is 13.4. The molecule has 0 bridgehead atoms. The van der Waals surface area contributed by atoms with Crippen LogP contribution in [0.5, 0.6) is 0 Å². The van der Waals surface area contributed by atoms with Gasteiger partial charge in [0.2, 0.25) is 0 Å². The average molecular weight is 238 g/mol. The van der Waals surface area contributed by atoms with Crippen molar-refractivity contribution in [2.45, 2.75) is 80.1 Å². The van der Waals surface area contributed by atoms with Gasteiger partial charge in [0.15, 0.2) is 0 Å². The standard InChI is InChI=1S/C15H28.C2H6/c1-5-9-11-15(8-4)13-12-14(7-3)10-6-2;1-2/h6-7,10,15H,5,8-9,11-13H2,1-4H3;1-2H3/b10-6-,14-7+;. The van der Waals surface area contributed by atoms with Gasteiger partial charge in [-0.3, -0.25) is 0 Å². The largest absolute Gasteiger partial charge is 0.0874 e. The van der Waals surface area contributed by atoms with Gasteiger partial charge in [0.1, 0.15) is 0 Å². The molecule has 0 N–H and O–H groups in total. The second-order valence-electron chi connectivity index (χ2n) is 4.32. The molecule has 0 aliphatic carbocycles. The van der Waals surface area contributed by atoms with Gasteiger partial charge in [-0.2, -0.15) is 0 Å². The molecule has 1 unspecified atom stereocenters. The SMILES string of the molecule is C/C=C\C(=C/C)CCC(CC)CCCC.CC. The van der Waals surface area contributed by atoms with Crippen LogP contribution in [0.2, 0.25) is 0 Å². The van der Waals surface area contributed by atoms with E-state index in [2.05, 4.69) is 45.9 Å². The van der Waals surface area contributed by atoms with Gasteiger partial charge in [-0.15, -0.1) is 0 Å². The fourth-order valence-electron chi connectivity index (χ4n) is 1.95. The van der Waals surface area contributed by atoms with Crippen LogP contribution in [0.15, 0.2) is 23.8 Å². The topological polar surface area (TPSA) is 0 Å². The maximum absolute atomic E-state index is 2.32. The number of allylic oxidation sites excluding steroid dienone is 4. The highest BCUT2D eigenvalue weighted by molar-refractivity contribution is 5.16. The maximum atomic E-state index is 2.32. The molecule has 0 aliphatic rings. The minimum Gasteiger partial charge on any atom is -0.0874 e. The fourth-order valence-corrected chi connectivity index (χ4v) is 1.95. The zero-order valence-corrected chi connectivity index (χ0v) is 13.1. The van der Waals surface area contributed by atoms with Crippen LogP contribution in [0, 0.1) is 5.92 Å². The molecule has 0 fully saturated rings. The van der Waals surface area contributed by atoms with E-state index in [0.717, 1.165) is 5.92 Å². The highest BCUT2D eigenvalue weighted by Crippen LogP contribution is 2.21. The molecule has 0 aromatic carbocycles. The summed E-state index contributed by atoms with van der Waals surface area (Å²) in [5.41, 5.74) is 1.49. The summed E-state index contributed by atoms with van der Waals surface area (Å²) in [5.74, 6) is 0.935. The van der Waals surface area contributed by atoms with E-state index < -0.39 is 0 Å². The Hall–Kier alpha value is -0.520. The molecule has 0 saturated heterocycles. The van der Waals surface area contributed by atoms with Crippen molar-refractivity contribution in [2.75, 3.05) is 0 Å². The molecule has 17 heavy (non-hydrogen) atoms. The highest BCUT2D eigenvalue weighted by Gasteiger charge is 2.05. The van der Waals surface area contributed by atoms with Crippen LogP contribution in [0.3, 0.4) is 0 Å². The Morgan fingerprint density at radius 2 is 1.71 bits per heavy atom. The molecule has 0 amide bonds. The van der Waals surface area contributed by atoms with Crippen LogP contribution in [-0.4, -0.2) is 0 Å². The van der Waals surface area contributed by atoms with Crippen LogP contribution in [0.1, 0.15) is 80.1 Å². The van der Waals surface area contributed by atoms with Crippen molar-refractivity contribution in [3.63, 3.8) is 0 Å². The average Bonchev–Trinajstić information content (AvgIpc) is 2.39. The van der Waals surface area contributed by atoms with E-state index in [0.29, 0.717) is 0 Å². The van der Waals surface area contributed by atoms with Crippen molar-refractivity contribution in [1.29, 1.82) is 0 Å². The van der Waals surface area contributed by atoms with E-state index in [-0.39, 0.29) is 0 Å². The van der Waals surface area contributed by atoms with E-state index in [1.807, 2.05) is 13.8 Å². The summed E-state index contributed by atoms with van der Waals surface area (Å²) in [6.07, 6.45) is 14.7. The lowest BCUT2D eigenvalue weighted by atomic mass is 9.92. The zero-order valence-electron chi connectivity index (χ0n) is 13.1. The number of rotatable bonds is 8. The monoisotopic (exact) mass is 238 g/mol. The Morgan fingerprint density at radius 3 is 2.12 bits per heavy atom. The van der Waals surface area contributed by atoms with E-state index in [1.54, 1.807) is 0 Å². The van der Waals surface area contributed by atoms with E-state index >= 15 is 0 Å². The molecule has 0 aromatic rings. The van der Waals surface area contributed by atoms with Crippen LogP contribution < -0.4 is 0 Å². The minimum atomic E-state index is 0.935. The van der Waals surface area contributed by atoms with Crippen LogP contribution >= 0.6 is 0 Å². The summed E-state index contributed by atoms with van der Waals surface area (Å²) < 4.78 is 0. The third-order valence-corrected chi connectivity index (χ3v) is 3.14. The van der Waals surface area contributed by atoms with Gasteiger partial charge in [-0.1, -0.05) is 77.2 Å². The van der Waals surface area contributed by atoms with Crippen molar-refractivity contribution in [2.24, 2.45) is 5.92 Å². The Morgan fingerprint density at radius 1 is 1.06 bits per heavy atom. The van der Waals surface area contributed by atoms with Gasteiger partial charge in [-0.05, 0) is 32.6 Å². The van der Waals surface area contributed by atoms with Gasteiger partial charge in [-0.25, -0.2) is 0 Å². The first kappa shape index (κ1) is 18.8. The van der Waals surface area contributed by atoms with Crippen molar-refractivity contribution in [1.82, 2.24) is 0 Å². The van der Waals surface area contributed by atoms with Gasteiger partial charge in [0.05, 0.1) is 0 Å². The Bertz CT molecular complexity index is 186. The fraction of sp³-hybridized carbons (Fsp3) is 0.765. The Kier molecular flexibility index (Phi) is 17.2. The third kappa shape index (κ3) is 11.7. The van der Waals surface area contributed by atoms with Gasteiger partial charge >= 0.3 is 0 Å². The van der Waals surface area contributed by atoms with Gasteiger partial charge in [0.25, 0.3) is 0 Å². The first-order valence-corrected chi connectivity index (χ1v) is 7.56. The van der Waals surface area contributed by atoms with Crippen molar-refractivity contribution < 1.29 is 0 Å². The number of unbranched alkanes of at least 4 members (excludes halogenated alkanes) is 1. The van der Waals surface area contributed by atoms with Crippen LogP contribution in [-0.2, 0) is 0 Å². The van der Waals surface area contributed by atoms with Crippen LogP contribution in [0.25, 0.3) is 0 Å². The summed E-state index contributed by atoms with van der Waals surface area (Å²) >= 11 is 0. The zero-order chi connectivity index (χ0) is 13.5. The molecular formula is C17H34. The molecule has 0 heterocycles. The Labute approximate surface area is 110 Å². The quantitative estimate of drug-likeness (QED) is 0.422. The van der Waals surface area contributed by atoms with E-state index in [1.165, 1.54) is 44.1 Å². The first-order chi connectivity index (χ1) is 8.28. The number of hydrogen-bond donors (Lipinski definition) is 0. The molecule has 0 nitrogen and oxygen atoms in total. The molecular weight excluding hydrogens is 204 g/mol. The van der Waals surface area contributed by atoms with Crippen molar-refractivity contribution >= 4 is 0 Å². The molecule has 1 atom stereocenters. The summed E-state index contributed by atoms with van der Waals surface area (Å²) in [5, 5.41) is 0. The summed E-state index contributed by atoms with van der Waals surface area (Å²) in [6.45, 7) is 12.8. The van der Waals surface area contributed by atoms with Gasteiger partial charge < -0.3 is 0 Å². The predicted octanol–water partition coefficient (Wildman–Crippen LogP) is 6.53. The van der Waals surface area contributed by atoms with Crippen molar-refractivity contribution in [3.05, 3.63) is 23.8 Å². The second kappa shape index (κ2) is 15.5. The molecule has 0 saturated carbocycles. The van der Waals surface area contributed by atoms with Crippen LogP contribution in [0.4, 0.5) is 0 Å². The van der Waals surface area contributed by atoms with Crippen molar-refractivity contribution in [3.8, 4) is 0 Å². The predicted molar refractivity (Wildman–Crippen MR) is 82.5 cm³/mol. The number of hydrogen-bond acceptors (Lipinski definition) is 0.